The van der Waals surface area contributed by atoms with Crippen LogP contribution in [0.5, 0.6) is 0 Å². The van der Waals surface area contributed by atoms with Crippen LogP contribution in [0.25, 0.3) is 0 Å². The van der Waals surface area contributed by atoms with E-state index in [1.54, 1.807) is 0 Å². The van der Waals surface area contributed by atoms with E-state index in [4.69, 9.17) is 0 Å². The van der Waals surface area contributed by atoms with Crippen LogP contribution >= 0.6 is 0 Å². The van der Waals surface area contributed by atoms with Gasteiger partial charge in [-0.2, -0.15) is 0 Å². The molecule has 0 atom stereocenters. The summed E-state index contributed by atoms with van der Waals surface area (Å²) in [6.07, 6.45) is 3.70. The van der Waals surface area contributed by atoms with Gasteiger partial charge in [-0.15, -0.1) is 0 Å². The van der Waals surface area contributed by atoms with Gasteiger partial charge in [0.2, 0.25) is 11.8 Å². The molecule has 0 heterocycles. The van der Waals surface area contributed by atoms with E-state index < -0.39 is 0 Å². The Hall–Kier alpha value is -1.06. The van der Waals surface area contributed by atoms with Gasteiger partial charge in [0.25, 0.3) is 0 Å². The van der Waals surface area contributed by atoms with E-state index in [9.17, 15) is 9.59 Å². The Morgan fingerprint density at radius 3 is 2.43 bits per heavy atom. The van der Waals surface area contributed by atoms with Crippen LogP contribution in [0.2, 0.25) is 0 Å². The van der Waals surface area contributed by atoms with Gasteiger partial charge in [-0.25, -0.2) is 0 Å². The molecule has 0 aromatic heterocycles. The summed E-state index contributed by atoms with van der Waals surface area (Å²) in [4.78, 5) is 21.6. The summed E-state index contributed by atoms with van der Waals surface area (Å²) in [5.41, 5.74) is 0. The van der Waals surface area contributed by atoms with Crippen molar-refractivity contribution >= 4 is 11.8 Å². The minimum atomic E-state index is -0.0937. The molecule has 0 aromatic carbocycles. The number of carbonyl (C=O) groups is 2. The maximum absolute atomic E-state index is 11.1. The van der Waals surface area contributed by atoms with Gasteiger partial charge < -0.3 is 10.6 Å². The summed E-state index contributed by atoms with van der Waals surface area (Å²) in [5.74, 6) is -0.0846. The Bertz CT molecular complexity index is 190. The van der Waals surface area contributed by atoms with E-state index in [0.29, 0.717) is 13.0 Å². The summed E-state index contributed by atoms with van der Waals surface area (Å²) >= 11 is 0. The molecule has 0 radical (unpaired) electrons. The number of carbonyl (C=O) groups excluding carboxylic acids is 2. The molecule has 0 aliphatic heterocycles. The van der Waals surface area contributed by atoms with E-state index in [1.807, 2.05) is 0 Å². The summed E-state index contributed by atoms with van der Waals surface area (Å²) < 4.78 is 0. The lowest BCUT2D eigenvalue weighted by atomic mass is 10.2. The van der Waals surface area contributed by atoms with Crippen molar-refractivity contribution in [2.24, 2.45) is 0 Å². The second-order valence-electron chi connectivity index (χ2n) is 3.29. The third kappa shape index (κ3) is 9.03. The van der Waals surface area contributed by atoms with Gasteiger partial charge in [0.1, 0.15) is 0 Å². The van der Waals surface area contributed by atoms with E-state index in [0.717, 1.165) is 25.8 Å². The van der Waals surface area contributed by atoms with E-state index in [2.05, 4.69) is 17.6 Å². The lowest BCUT2D eigenvalue weighted by molar-refractivity contribution is -0.121. The molecular formula is C10H24N2O2. The molecule has 0 unspecified atom stereocenters. The molecule has 0 aliphatic carbocycles. The normalized spacial score (nSPS) is 9.57. The van der Waals surface area contributed by atoms with E-state index in [-0.39, 0.29) is 14.7 Å². The van der Waals surface area contributed by atoms with Crippen LogP contribution in [0.1, 0.15) is 42.4 Å². The highest BCUT2D eigenvalue weighted by Crippen LogP contribution is 1.91. The highest BCUT2D eigenvalue weighted by atomic mass is 16.2. The Morgan fingerprint density at radius 1 is 1.14 bits per heavy atom. The van der Waals surface area contributed by atoms with Crippen molar-refractivity contribution in [2.75, 3.05) is 13.1 Å². The van der Waals surface area contributed by atoms with Crippen molar-refractivity contribution in [3.8, 4) is 0 Å². The van der Waals surface area contributed by atoms with Gasteiger partial charge in [0, 0.05) is 29.3 Å². The molecule has 0 bridgehead atoms. The van der Waals surface area contributed by atoms with Crippen molar-refractivity contribution in [3.63, 3.8) is 0 Å². The molecular weight excluding hydrogens is 180 g/mol. The molecule has 4 heteroatoms. The SMILES string of the molecule is CCCCCNC(=O)CCNC(C)=O.[HH].[HH]. The van der Waals surface area contributed by atoms with Crippen LogP contribution in [0.15, 0.2) is 0 Å². The van der Waals surface area contributed by atoms with Gasteiger partial charge in [-0.05, 0) is 6.42 Å². The zero-order valence-electron chi connectivity index (χ0n) is 9.06. The third-order valence-electron chi connectivity index (χ3n) is 1.83. The third-order valence-corrected chi connectivity index (χ3v) is 1.83. The second kappa shape index (κ2) is 8.53. The molecule has 14 heavy (non-hydrogen) atoms. The van der Waals surface area contributed by atoms with Crippen molar-refractivity contribution in [2.45, 2.75) is 39.5 Å². The fourth-order valence-electron chi connectivity index (χ4n) is 1.04. The number of amides is 2. The first-order valence-corrected chi connectivity index (χ1v) is 5.18. The minimum Gasteiger partial charge on any atom is -0.356 e. The highest BCUT2D eigenvalue weighted by molar-refractivity contribution is 5.77. The fraction of sp³-hybridized carbons (Fsp3) is 0.800. The fourth-order valence-corrected chi connectivity index (χ4v) is 1.04. The van der Waals surface area contributed by atoms with Gasteiger partial charge in [0.15, 0.2) is 0 Å². The summed E-state index contributed by atoms with van der Waals surface area (Å²) in [7, 11) is 0. The largest absolute Gasteiger partial charge is 0.356 e. The Morgan fingerprint density at radius 2 is 1.86 bits per heavy atom. The quantitative estimate of drug-likeness (QED) is 0.614. The maximum Gasteiger partial charge on any atom is 0.221 e. The topological polar surface area (TPSA) is 58.2 Å². The number of nitrogens with one attached hydrogen (secondary N) is 2. The Kier molecular flexibility index (Phi) is 7.89. The zero-order chi connectivity index (χ0) is 10.8. The minimum absolute atomic E-state index is 0. The lowest BCUT2D eigenvalue weighted by Crippen LogP contribution is -2.30. The number of unbranched alkanes of at least 4 members (excludes halogenated alkanes) is 2. The van der Waals surface area contributed by atoms with Crippen LogP contribution in [-0.2, 0) is 9.59 Å². The summed E-state index contributed by atoms with van der Waals surface area (Å²) in [6.45, 7) is 4.74. The lowest BCUT2D eigenvalue weighted by Gasteiger charge is -2.04. The van der Waals surface area contributed by atoms with Crippen molar-refractivity contribution < 1.29 is 12.4 Å². The molecule has 0 spiro atoms. The highest BCUT2D eigenvalue weighted by Gasteiger charge is 1.99. The molecule has 0 aromatic rings. The molecule has 0 fully saturated rings. The molecule has 4 nitrogen and oxygen atoms in total. The smallest absolute Gasteiger partial charge is 0.221 e. The van der Waals surface area contributed by atoms with Crippen LogP contribution < -0.4 is 10.6 Å². The monoisotopic (exact) mass is 204 g/mol. The second-order valence-corrected chi connectivity index (χ2v) is 3.29. The van der Waals surface area contributed by atoms with Crippen LogP contribution in [0, 0.1) is 0 Å². The van der Waals surface area contributed by atoms with Crippen molar-refractivity contribution in [3.05, 3.63) is 0 Å². The molecule has 2 amide bonds. The van der Waals surface area contributed by atoms with Crippen LogP contribution in [0.3, 0.4) is 0 Å². The summed E-state index contributed by atoms with van der Waals surface area (Å²) in [5, 5.41) is 5.38. The van der Waals surface area contributed by atoms with Gasteiger partial charge >= 0.3 is 0 Å². The number of hydrogen-bond acceptors (Lipinski definition) is 2. The van der Waals surface area contributed by atoms with Gasteiger partial charge in [0.05, 0.1) is 0 Å². The molecule has 0 rings (SSSR count). The van der Waals surface area contributed by atoms with Crippen molar-refractivity contribution in [1.29, 1.82) is 0 Å². The standard InChI is InChI=1S/C10H20N2O2.2H2/c1-3-4-5-7-12-10(14)6-8-11-9(2)13;;/h3-8H2,1-2H3,(H,11,13)(H,12,14);2*1H. The number of hydrogen-bond donors (Lipinski definition) is 2. The average Bonchev–Trinajstić information content (AvgIpc) is 2.12. The van der Waals surface area contributed by atoms with E-state index in [1.165, 1.54) is 6.92 Å². The maximum atomic E-state index is 11.1. The molecule has 86 valence electrons. The Labute approximate surface area is 88.4 Å². The van der Waals surface area contributed by atoms with E-state index >= 15 is 0 Å². The first-order valence-electron chi connectivity index (χ1n) is 5.18. The van der Waals surface area contributed by atoms with Gasteiger partial charge in [-0.1, -0.05) is 19.8 Å². The molecule has 2 N–H and O–H groups in total. The number of rotatable bonds is 7. The molecule has 0 saturated carbocycles. The zero-order valence-corrected chi connectivity index (χ0v) is 9.06. The molecule has 0 saturated heterocycles. The van der Waals surface area contributed by atoms with Crippen LogP contribution in [0.4, 0.5) is 0 Å². The average molecular weight is 204 g/mol. The summed E-state index contributed by atoms with van der Waals surface area (Å²) in [6, 6.07) is 0. The predicted octanol–water partition coefficient (Wildman–Crippen LogP) is 1.31. The predicted molar refractivity (Wildman–Crippen MR) is 60.1 cm³/mol. The first-order chi connectivity index (χ1) is 6.66. The van der Waals surface area contributed by atoms with Gasteiger partial charge in [-0.3, -0.25) is 9.59 Å². The first kappa shape index (κ1) is 12.9. The molecule has 0 aliphatic rings. The van der Waals surface area contributed by atoms with Crippen LogP contribution in [-0.4, -0.2) is 24.9 Å². The Balaban J connectivity index is -0.000000845. The van der Waals surface area contributed by atoms with Crippen molar-refractivity contribution in [1.82, 2.24) is 10.6 Å².